The van der Waals surface area contributed by atoms with Crippen LogP contribution in [-0.2, 0) is 9.53 Å². The SMILES string of the molecule is O=C(/C=C/c1ccccc1Cl)N1C(=O)OC[C@@H]1c1ccccc1. The first kappa shape index (κ1) is 15.3. The van der Waals surface area contributed by atoms with E-state index in [2.05, 4.69) is 0 Å². The Morgan fingerprint density at radius 1 is 1.13 bits per heavy atom. The number of rotatable bonds is 3. The average molecular weight is 328 g/mol. The van der Waals surface area contributed by atoms with E-state index < -0.39 is 18.0 Å². The number of hydrogen-bond donors (Lipinski definition) is 0. The predicted octanol–water partition coefficient (Wildman–Crippen LogP) is 4.07. The van der Waals surface area contributed by atoms with Gasteiger partial charge < -0.3 is 4.74 Å². The summed E-state index contributed by atoms with van der Waals surface area (Å²) >= 11 is 6.05. The molecule has 1 heterocycles. The van der Waals surface area contributed by atoms with E-state index in [4.69, 9.17) is 16.3 Å². The minimum Gasteiger partial charge on any atom is -0.446 e. The molecule has 0 aromatic heterocycles. The number of halogens is 1. The molecule has 1 aliphatic heterocycles. The van der Waals surface area contributed by atoms with Gasteiger partial charge in [0.25, 0.3) is 5.91 Å². The first-order valence-corrected chi connectivity index (χ1v) is 7.52. The van der Waals surface area contributed by atoms with Gasteiger partial charge in [-0.1, -0.05) is 60.1 Å². The lowest BCUT2D eigenvalue weighted by Crippen LogP contribution is -2.32. The topological polar surface area (TPSA) is 46.6 Å². The molecule has 2 aromatic carbocycles. The first-order valence-electron chi connectivity index (χ1n) is 7.14. The highest BCUT2D eigenvalue weighted by atomic mass is 35.5. The highest BCUT2D eigenvalue weighted by molar-refractivity contribution is 6.32. The van der Waals surface area contributed by atoms with E-state index in [1.54, 1.807) is 18.2 Å². The van der Waals surface area contributed by atoms with E-state index in [9.17, 15) is 9.59 Å². The van der Waals surface area contributed by atoms with Crippen molar-refractivity contribution in [2.24, 2.45) is 0 Å². The fraction of sp³-hybridized carbons (Fsp3) is 0.111. The van der Waals surface area contributed by atoms with Crippen LogP contribution in [0.1, 0.15) is 17.2 Å². The zero-order chi connectivity index (χ0) is 16.2. The van der Waals surface area contributed by atoms with Gasteiger partial charge in [0.05, 0.1) is 0 Å². The van der Waals surface area contributed by atoms with Crippen molar-refractivity contribution in [1.29, 1.82) is 0 Å². The van der Waals surface area contributed by atoms with E-state index in [0.29, 0.717) is 10.6 Å². The van der Waals surface area contributed by atoms with Crippen LogP contribution in [0.3, 0.4) is 0 Å². The normalized spacial score (nSPS) is 17.5. The third kappa shape index (κ3) is 3.27. The van der Waals surface area contributed by atoms with Crippen LogP contribution in [0.4, 0.5) is 4.79 Å². The highest BCUT2D eigenvalue weighted by Gasteiger charge is 2.37. The van der Waals surface area contributed by atoms with Gasteiger partial charge >= 0.3 is 6.09 Å². The highest BCUT2D eigenvalue weighted by Crippen LogP contribution is 2.28. The molecular formula is C18H14ClNO3. The van der Waals surface area contributed by atoms with Crippen LogP contribution in [0.2, 0.25) is 5.02 Å². The molecule has 23 heavy (non-hydrogen) atoms. The summed E-state index contributed by atoms with van der Waals surface area (Å²) in [4.78, 5) is 25.4. The van der Waals surface area contributed by atoms with Gasteiger partial charge in [0, 0.05) is 11.1 Å². The zero-order valence-corrected chi connectivity index (χ0v) is 12.9. The summed E-state index contributed by atoms with van der Waals surface area (Å²) in [6.07, 6.45) is 2.30. The van der Waals surface area contributed by atoms with Gasteiger partial charge in [-0.2, -0.15) is 0 Å². The maximum Gasteiger partial charge on any atom is 0.417 e. The summed E-state index contributed by atoms with van der Waals surface area (Å²) < 4.78 is 5.04. The largest absolute Gasteiger partial charge is 0.446 e. The number of amides is 2. The van der Waals surface area contributed by atoms with Crippen molar-refractivity contribution in [2.45, 2.75) is 6.04 Å². The molecule has 1 saturated heterocycles. The smallest absolute Gasteiger partial charge is 0.417 e. The van der Waals surface area contributed by atoms with Crippen LogP contribution in [0.5, 0.6) is 0 Å². The van der Waals surface area contributed by atoms with E-state index in [1.807, 2.05) is 42.5 Å². The number of benzene rings is 2. The summed E-state index contributed by atoms with van der Waals surface area (Å²) in [5, 5.41) is 0.542. The molecular weight excluding hydrogens is 314 g/mol. The van der Waals surface area contributed by atoms with Crippen LogP contribution < -0.4 is 0 Å². The first-order chi connectivity index (χ1) is 11.2. The van der Waals surface area contributed by atoms with Crippen LogP contribution in [0.15, 0.2) is 60.7 Å². The van der Waals surface area contributed by atoms with Crippen molar-refractivity contribution < 1.29 is 14.3 Å². The Kier molecular flexibility index (Phi) is 4.44. The average Bonchev–Trinajstić information content (AvgIpc) is 2.96. The van der Waals surface area contributed by atoms with Crippen molar-refractivity contribution in [3.63, 3.8) is 0 Å². The van der Waals surface area contributed by atoms with Crippen LogP contribution >= 0.6 is 11.6 Å². The van der Waals surface area contributed by atoms with E-state index in [1.165, 1.54) is 6.08 Å². The summed E-state index contributed by atoms with van der Waals surface area (Å²) in [7, 11) is 0. The number of imide groups is 1. The molecule has 0 bridgehead atoms. The van der Waals surface area contributed by atoms with Crippen LogP contribution in [-0.4, -0.2) is 23.5 Å². The minimum atomic E-state index is -0.632. The number of hydrogen-bond acceptors (Lipinski definition) is 3. The molecule has 5 heteroatoms. The Bertz CT molecular complexity index is 758. The van der Waals surface area contributed by atoms with Crippen molar-refractivity contribution >= 4 is 29.7 Å². The Morgan fingerprint density at radius 3 is 2.57 bits per heavy atom. The zero-order valence-electron chi connectivity index (χ0n) is 12.2. The summed E-state index contributed by atoms with van der Waals surface area (Å²) in [6, 6.07) is 16.1. The third-order valence-corrected chi connectivity index (χ3v) is 3.95. The molecule has 4 nitrogen and oxygen atoms in total. The lowest BCUT2D eigenvalue weighted by Gasteiger charge is -2.18. The number of nitrogens with zero attached hydrogens (tertiary/aromatic N) is 1. The molecule has 116 valence electrons. The van der Waals surface area contributed by atoms with Crippen LogP contribution in [0.25, 0.3) is 6.08 Å². The molecule has 0 spiro atoms. The van der Waals surface area contributed by atoms with Crippen molar-refractivity contribution in [3.8, 4) is 0 Å². The fourth-order valence-electron chi connectivity index (χ4n) is 2.44. The molecule has 0 N–H and O–H groups in total. The van der Waals surface area contributed by atoms with Gasteiger partial charge in [0.15, 0.2) is 0 Å². The maximum absolute atomic E-state index is 12.4. The lowest BCUT2D eigenvalue weighted by molar-refractivity contribution is -0.124. The quantitative estimate of drug-likeness (QED) is 0.798. The standard InChI is InChI=1S/C18H14ClNO3/c19-15-9-5-4-6-13(15)10-11-17(21)20-16(12-23-18(20)22)14-7-2-1-3-8-14/h1-11,16H,12H2/b11-10+/t16-/m1/s1. The van der Waals surface area contributed by atoms with Gasteiger partial charge in [-0.3, -0.25) is 4.79 Å². The summed E-state index contributed by atoms with van der Waals surface area (Å²) in [5.74, 6) is -0.429. The second kappa shape index (κ2) is 6.67. The summed E-state index contributed by atoms with van der Waals surface area (Å²) in [5.41, 5.74) is 1.57. The Balaban J connectivity index is 1.82. The molecule has 0 saturated carbocycles. The molecule has 0 aliphatic carbocycles. The molecule has 2 amide bonds. The second-order valence-corrected chi connectivity index (χ2v) is 5.47. The molecule has 2 aromatic rings. The van der Waals surface area contributed by atoms with Gasteiger partial charge in [-0.05, 0) is 23.3 Å². The number of cyclic esters (lactones) is 1. The Hall–Kier alpha value is -2.59. The number of ether oxygens (including phenoxy) is 1. The van der Waals surface area contributed by atoms with Gasteiger partial charge in [0.2, 0.25) is 0 Å². The van der Waals surface area contributed by atoms with Gasteiger partial charge in [0.1, 0.15) is 12.6 Å². The third-order valence-electron chi connectivity index (χ3n) is 3.61. The van der Waals surface area contributed by atoms with Crippen molar-refractivity contribution in [3.05, 3.63) is 76.8 Å². The second-order valence-electron chi connectivity index (χ2n) is 5.07. The number of carbonyl (C=O) groups is 2. The predicted molar refractivity (Wildman–Crippen MR) is 87.9 cm³/mol. The van der Waals surface area contributed by atoms with Crippen molar-refractivity contribution in [1.82, 2.24) is 4.90 Å². The fourth-order valence-corrected chi connectivity index (χ4v) is 2.64. The van der Waals surface area contributed by atoms with Crippen molar-refractivity contribution in [2.75, 3.05) is 6.61 Å². The van der Waals surface area contributed by atoms with Crippen LogP contribution in [0, 0.1) is 0 Å². The molecule has 1 aliphatic rings. The Morgan fingerprint density at radius 2 is 1.83 bits per heavy atom. The monoisotopic (exact) mass is 327 g/mol. The van der Waals surface area contributed by atoms with Gasteiger partial charge in [-0.25, -0.2) is 9.69 Å². The lowest BCUT2D eigenvalue weighted by atomic mass is 10.1. The van der Waals surface area contributed by atoms with E-state index >= 15 is 0 Å². The maximum atomic E-state index is 12.4. The summed E-state index contributed by atoms with van der Waals surface area (Å²) in [6.45, 7) is 0.161. The van der Waals surface area contributed by atoms with Gasteiger partial charge in [-0.15, -0.1) is 0 Å². The minimum absolute atomic E-state index is 0.161. The molecule has 1 fully saturated rings. The Labute approximate surface area is 138 Å². The number of carbonyl (C=O) groups excluding carboxylic acids is 2. The van der Waals surface area contributed by atoms with E-state index in [0.717, 1.165) is 10.5 Å². The molecule has 0 radical (unpaired) electrons. The molecule has 1 atom stereocenters. The van der Waals surface area contributed by atoms with E-state index in [-0.39, 0.29) is 6.61 Å². The molecule has 3 rings (SSSR count). The molecule has 0 unspecified atom stereocenters.